The molecule has 206 valence electrons. The van der Waals surface area contributed by atoms with Crippen molar-refractivity contribution in [2.24, 2.45) is 0 Å². The first kappa shape index (κ1) is 29.9. The van der Waals surface area contributed by atoms with Gasteiger partial charge in [0.05, 0.1) is 0 Å². The fourth-order valence-corrected chi connectivity index (χ4v) is 5.42. The van der Waals surface area contributed by atoms with E-state index >= 15 is 0 Å². The van der Waals surface area contributed by atoms with E-state index in [4.69, 9.17) is 4.74 Å². The van der Waals surface area contributed by atoms with Crippen LogP contribution in [-0.2, 0) is 12.8 Å². The molecule has 0 bridgehead atoms. The molecule has 0 radical (unpaired) electrons. The highest BCUT2D eigenvalue weighted by molar-refractivity contribution is 7.13. The summed E-state index contributed by atoms with van der Waals surface area (Å²) in [6, 6.07) is 8.21. The van der Waals surface area contributed by atoms with Gasteiger partial charge in [-0.05, 0) is 61.6 Å². The first-order chi connectivity index (χ1) is 18.6. The van der Waals surface area contributed by atoms with Gasteiger partial charge in [-0.25, -0.2) is 19.2 Å². The molecule has 4 nitrogen and oxygen atoms in total. The third-order valence-electron chi connectivity index (χ3n) is 6.81. The molecule has 0 spiro atoms. The third-order valence-corrected chi connectivity index (χ3v) is 7.93. The Morgan fingerprint density at radius 1 is 0.789 bits per heavy atom. The molecule has 1 aromatic carbocycles. The van der Waals surface area contributed by atoms with E-state index in [2.05, 4.69) is 23.8 Å². The Balaban J connectivity index is 1.44. The second kappa shape index (κ2) is 17.1. The summed E-state index contributed by atoms with van der Waals surface area (Å²) in [4.78, 5) is 23.1. The fraction of sp³-hybridized carbons (Fsp3) is 0.531. The summed E-state index contributed by atoms with van der Waals surface area (Å²) in [5, 5.41) is 0. The number of esters is 1. The fourth-order valence-electron chi connectivity index (χ4n) is 4.49. The van der Waals surface area contributed by atoms with Crippen LogP contribution in [0.25, 0.3) is 11.4 Å². The van der Waals surface area contributed by atoms with Crippen LogP contribution in [0.5, 0.6) is 5.75 Å². The van der Waals surface area contributed by atoms with Crippen LogP contribution in [0.15, 0.2) is 42.7 Å². The van der Waals surface area contributed by atoms with E-state index in [1.807, 2.05) is 18.5 Å². The summed E-state index contributed by atoms with van der Waals surface area (Å²) in [5.74, 6) is -0.754. The number of thiophene rings is 1. The largest absolute Gasteiger partial charge is 0.419 e. The first-order valence-corrected chi connectivity index (χ1v) is 15.3. The van der Waals surface area contributed by atoms with E-state index in [9.17, 15) is 9.18 Å². The molecular weight excluding hydrogens is 495 g/mol. The number of carbonyl (C=O) groups is 1. The van der Waals surface area contributed by atoms with Crippen LogP contribution in [0.4, 0.5) is 4.39 Å². The Labute approximate surface area is 232 Å². The standard InChI is InChI=1S/C32H43FN2O2S/c1-3-5-7-9-10-11-12-13-14-16-25-23-34-31(35-24-25)26-18-20-29(28(33)22-26)37-32(36)30-21-19-27(38-30)17-15-8-6-4-2/h18-24H,3-17H2,1-2H3. The molecule has 2 aromatic heterocycles. The van der Waals surface area contributed by atoms with Gasteiger partial charge in [0.15, 0.2) is 17.4 Å². The highest BCUT2D eigenvalue weighted by Crippen LogP contribution is 2.26. The van der Waals surface area contributed by atoms with Crippen molar-refractivity contribution in [1.82, 2.24) is 9.97 Å². The molecule has 38 heavy (non-hydrogen) atoms. The average Bonchev–Trinajstić information content (AvgIpc) is 3.41. The van der Waals surface area contributed by atoms with E-state index in [0.29, 0.717) is 16.3 Å². The molecule has 3 rings (SSSR count). The number of ether oxygens (including phenoxy) is 1. The molecule has 0 amide bonds. The summed E-state index contributed by atoms with van der Waals surface area (Å²) >= 11 is 1.42. The molecule has 0 atom stereocenters. The summed E-state index contributed by atoms with van der Waals surface area (Å²) < 4.78 is 20.1. The molecule has 0 N–H and O–H groups in total. The normalized spacial score (nSPS) is 11.1. The molecule has 2 heterocycles. The molecule has 3 aromatic rings. The van der Waals surface area contributed by atoms with Crippen molar-refractivity contribution in [3.63, 3.8) is 0 Å². The van der Waals surface area contributed by atoms with E-state index in [-0.39, 0.29) is 5.75 Å². The van der Waals surface area contributed by atoms with Crippen LogP contribution >= 0.6 is 11.3 Å². The predicted molar refractivity (Wildman–Crippen MR) is 155 cm³/mol. The van der Waals surface area contributed by atoms with Crippen LogP contribution in [0.3, 0.4) is 0 Å². The second-order valence-corrected chi connectivity index (χ2v) is 11.3. The number of aromatic nitrogens is 2. The van der Waals surface area contributed by atoms with Gasteiger partial charge in [0.2, 0.25) is 0 Å². The van der Waals surface area contributed by atoms with Gasteiger partial charge >= 0.3 is 5.97 Å². The Kier molecular flexibility index (Phi) is 13.5. The number of benzene rings is 1. The number of carbonyl (C=O) groups excluding carboxylic acids is 1. The van der Waals surface area contributed by atoms with Gasteiger partial charge in [-0.1, -0.05) is 84.5 Å². The minimum absolute atomic E-state index is 0.0846. The van der Waals surface area contributed by atoms with Crippen molar-refractivity contribution in [1.29, 1.82) is 0 Å². The topological polar surface area (TPSA) is 52.1 Å². The zero-order chi connectivity index (χ0) is 27.0. The summed E-state index contributed by atoms with van der Waals surface area (Å²) in [7, 11) is 0. The Morgan fingerprint density at radius 3 is 2.05 bits per heavy atom. The van der Waals surface area contributed by atoms with Gasteiger partial charge in [-0.15, -0.1) is 11.3 Å². The molecule has 0 unspecified atom stereocenters. The lowest BCUT2D eigenvalue weighted by Gasteiger charge is -2.07. The molecule has 0 aliphatic carbocycles. The summed E-state index contributed by atoms with van der Waals surface area (Å²) in [5.41, 5.74) is 1.66. The maximum absolute atomic E-state index is 14.8. The molecule has 0 aliphatic rings. The lowest BCUT2D eigenvalue weighted by Crippen LogP contribution is -2.07. The quantitative estimate of drug-likeness (QED) is 0.0919. The van der Waals surface area contributed by atoms with Crippen LogP contribution < -0.4 is 4.74 Å². The van der Waals surface area contributed by atoms with Crippen LogP contribution in [0, 0.1) is 5.82 Å². The SMILES string of the molecule is CCCCCCCCCCCc1cnc(-c2ccc(OC(=O)c3ccc(CCCCCC)s3)c(F)c2)nc1. The van der Waals surface area contributed by atoms with Gasteiger partial charge in [0.25, 0.3) is 0 Å². The lowest BCUT2D eigenvalue weighted by atomic mass is 10.1. The first-order valence-electron chi connectivity index (χ1n) is 14.5. The van der Waals surface area contributed by atoms with Crippen molar-refractivity contribution in [2.75, 3.05) is 0 Å². The van der Waals surface area contributed by atoms with Crippen molar-refractivity contribution < 1.29 is 13.9 Å². The zero-order valence-electron chi connectivity index (χ0n) is 23.1. The van der Waals surface area contributed by atoms with Crippen molar-refractivity contribution in [2.45, 2.75) is 110 Å². The van der Waals surface area contributed by atoms with Crippen LogP contribution in [0.1, 0.15) is 117 Å². The molecule has 0 saturated heterocycles. The maximum atomic E-state index is 14.8. The molecular formula is C32H43FN2O2S. The van der Waals surface area contributed by atoms with Crippen molar-refractivity contribution in [3.8, 4) is 17.1 Å². The second-order valence-electron chi connectivity index (χ2n) is 10.1. The van der Waals surface area contributed by atoms with Gasteiger partial charge in [0, 0.05) is 22.8 Å². The van der Waals surface area contributed by atoms with E-state index < -0.39 is 11.8 Å². The Hall–Kier alpha value is -2.60. The number of rotatable bonds is 18. The minimum atomic E-state index is -0.602. The highest BCUT2D eigenvalue weighted by atomic mass is 32.1. The van der Waals surface area contributed by atoms with Gasteiger partial charge < -0.3 is 4.74 Å². The number of aryl methyl sites for hydroxylation is 2. The molecule has 0 aliphatic heterocycles. The monoisotopic (exact) mass is 538 g/mol. The number of halogens is 1. The maximum Gasteiger partial charge on any atom is 0.353 e. The Morgan fingerprint density at radius 2 is 1.39 bits per heavy atom. The van der Waals surface area contributed by atoms with Crippen LogP contribution in [-0.4, -0.2) is 15.9 Å². The summed E-state index contributed by atoms with van der Waals surface area (Å²) in [6.07, 6.45) is 22.0. The smallest absolute Gasteiger partial charge is 0.353 e. The van der Waals surface area contributed by atoms with E-state index in [0.717, 1.165) is 36.1 Å². The average molecular weight is 539 g/mol. The van der Waals surface area contributed by atoms with Crippen molar-refractivity contribution >= 4 is 17.3 Å². The number of unbranched alkanes of at least 4 members (excludes halogenated alkanes) is 11. The molecule has 0 fully saturated rings. The third kappa shape index (κ3) is 10.3. The van der Waals surface area contributed by atoms with Crippen molar-refractivity contribution in [3.05, 3.63) is 63.9 Å². The zero-order valence-corrected chi connectivity index (χ0v) is 24.0. The summed E-state index contributed by atoms with van der Waals surface area (Å²) in [6.45, 7) is 4.44. The van der Waals surface area contributed by atoms with Gasteiger partial charge in [-0.2, -0.15) is 0 Å². The number of hydrogen-bond acceptors (Lipinski definition) is 5. The highest BCUT2D eigenvalue weighted by Gasteiger charge is 2.16. The van der Waals surface area contributed by atoms with Crippen LogP contribution in [0.2, 0.25) is 0 Å². The number of nitrogens with zero attached hydrogens (tertiary/aromatic N) is 2. The minimum Gasteiger partial charge on any atom is -0.419 e. The van der Waals surface area contributed by atoms with E-state index in [1.54, 1.807) is 12.1 Å². The predicted octanol–water partition coefficient (Wildman–Crippen LogP) is 9.76. The molecule has 6 heteroatoms. The van der Waals surface area contributed by atoms with Gasteiger partial charge in [0.1, 0.15) is 4.88 Å². The Bertz CT molecular complexity index is 1100. The molecule has 0 saturated carbocycles. The lowest BCUT2D eigenvalue weighted by molar-refractivity contribution is 0.0733. The van der Waals surface area contributed by atoms with Gasteiger partial charge in [-0.3, -0.25) is 0 Å². The number of hydrogen-bond donors (Lipinski definition) is 0. The van der Waals surface area contributed by atoms with E-state index in [1.165, 1.54) is 94.1 Å².